The van der Waals surface area contributed by atoms with E-state index in [1.165, 1.54) is 4.90 Å². The van der Waals surface area contributed by atoms with E-state index in [-0.39, 0.29) is 24.4 Å². The van der Waals surface area contributed by atoms with Crippen LogP contribution in [0.4, 0.5) is 0 Å². The van der Waals surface area contributed by atoms with Gasteiger partial charge in [0.2, 0.25) is 5.91 Å². The molecule has 17 heavy (non-hydrogen) atoms. The average molecular weight is 235 g/mol. The van der Waals surface area contributed by atoms with Crippen molar-refractivity contribution in [1.29, 1.82) is 0 Å². The topological polar surface area (TPSA) is 52.7 Å². The molecule has 2 rings (SSSR count). The molecule has 2 amide bonds. The average Bonchev–Trinajstić information content (AvgIpc) is 3.20. The van der Waals surface area contributed by atoms with Crippen molar-refractivity contribution in [2.24, 2.45) is 0 Å². The Morgan fingerprint density at radius 2 is 2.00 bits per heavy atom. The summed E-state index contributed by atoms with van der Waals surface area (Å²) >= 11 is 0. The highest BCUT2D eigenvalue weighted by Crippen LogP contribution is 2.26. The van der Waals surface area contributed by atoms with Gasteiger partial charge in [-0.2, -0.15) is 0 Å². The van der Waals surface area contributed by atoms with E-state index in [1.54, 1.807) is 4.90 Å². The van der Waals surface area contributed by atoms with Crippen molar-refractivity contribution >= 4 is 11.8 Å². The lowest BCUT2D eigenvalue weighted by Crippen LogP contribution is -2.50. The second-order valence-corrected chi connectivity index (χ2v) is 4.44. The Balaban J connectivity index is 1.90. The summed E-state index contributed by atoms with van der Waals surface area (Å²) in [5.41, 5.74) is 0. The van der Waals surface area contributed by atoms with Gasteiger partial charge in [0, 0.05) is 32.2 Å². The van der Waals surface area contributed by atoms with Gasteiger partial charge in [0.15, 0.2) is 0 Å². The van der Waals surface area contributed by atoms with E-state index < -0.39 is 0 Å². The summed E-state index contributed by atoms with van der Waals surface area (Å²) in [6.07, 6.45) is 7.04. The number of terminal acetylenes is 1. The molecule has 1 saturated heterocycles. The molecule has 1 heterocycles. The van der Waals surface area contributed by atoms with Crippen LogP contribution in [0.25, 0.3) is 0 Å². The van der Waals surface area contributed by atoms with Crippen molar-refractivity contribution in [1.82, 2.24) is 15.1 Å². The molecule has 0 spiro atoms. The quantitative estimate of drug-likeness (QED) is 0.641. The first-order chi connectivity index (χ1) is 8.22. The lowest BCUT2D eigenvalue weighted by molar-refractivity contribution is -0.138. The van der Waals surface area contributed by atoms with Crippen molar-refractivity contribution in [2.45, 2.75) is 18.9 Å². The van der Waals surface area contributed by atoms with E-state index in [2.05, 4.69) is 11.2 Å². The van der Waals surface area contributed by atoms with Gasteiger partial charge >= 0.3 is 0 Å². The normalized spacial score (nSPS) is 19.6. The summed E-state index contributed by atoms with van der Waals surface area (Å²) in [5, 5.41) is 3.19. The Kier molecular flexibility index (Phi) is 3.64. The van der Waals surface area contributed by atoms with Crippen LogP contribution in [0.3, 0.4) is 0 Å². The van der Waals surface area contributed by atoms with E-state index in [0.717, 1.165) is 25.9 Å². The van der Waals surface area contributed by atoms with E-state index in [0.29, 0.717) is 13.1 Å². The first kappa shape index (κ1) is 11.9. The van der Waals surface area contributed by atoms with E-state index in [9.17, 15) is 9.59 Å². The lowest BCUT2D eigenvalue weighted by atomic mass is 10.3. The molecule has 1 saturated carbocycles. The molecule has 0 aromatic heterocycles. The highest BCUT2D eigenvalue weighted by Gasteiger charge is 2.34. The van der Waals surface area contributed by atoms with Crippen molar-refractivity contribution in [3.8, 4) is 12.3 Å². The summed E-state index contributed by atoms with van der Waals surface area (Å²) < 4.78 is 0. The Hall–Kier alpha value is -1.54. The van der Waals surface area contributed by atoms with Gasteiger partial charge < -0.3 is 15.1 Å². The minimum absolute atomic E-state index is 0.00185. The van der Waals surface area contributed by atoms with Crippen LogP contribution in [-0.2, 0) is 9.59 Å². The molecule has 1 N–H and O–H groups in total. The molecule has 2 fully saturated rings. The maximum atomic E-state index is 12.0. The van der Waals surface area contributed by atoms with Gasteiger partial charge in [0.25, 0.3) is 5.91 Å². The summed E-state index contributed by atoms with van der Waals surface area (Å²) in [7, 11) is 0. The maximum Gasteiger partial charge on any atom is 0.298 e. The molecule has 2 aliphatic rings. The SMILES string of the molecule is C#CC(=O)N(CC(=O)N1CCNCC1)C1CC1. The summed E-state index contributed by atoms with van der Waals surface area (Å²) in [4.78, 5) is 26.8. The first-order valence-electron chi connectivity index (χ1n) is 5.98. The third kappa shape index (κ3) is 2.98. The van der Waals surface area contributed by atoms with Gasteiger partial charge in [-0.3, -0.25) is 9.59 Å². The van der Waals surface area contributed by atoms with Crippen LogP contribution in [0.5, 0.6) is 0 Å². The Morgan fingerprint density at radius 1 is 1.35 bits per heavy atom. The summed E-state index contributed by atoms with van der Waals surface area (Å²) in [6.45, 7) is 3.19. The van der Waals surface area contributed by atoms with Crippen molar-refractivity contribution in [2.75, 3.05) is 32.7 Å². The molecule has 0 atom stereocenters. The van der Waals surface area contributed by atoms with Crippen molar-refractivity contribution in [3.63, 3.8) is 0 Å². The molecule has 92 valence electrons. The molecular formula is C12H17N3O2. The number of amides is 2. The van der Waals surface area contributed by atoms with Gasteiger partial charge in [-0.05, 0) is 18.8 Å². The monoisotopic (exact) mass is 235 g/mol. The number of carbonyl (C=O) groups excluding carboxylic acids is 2. The fraction of sp³-hybridized carbons (Fsp3) is 0.667. The van der Waals surface area contributed by atoms with Gasteiger partial charge in [0.1, 0.15) is 6.54 Å². The predicted octanol–water partition coefficient (Wildman–Crippen LogP) is -0.958. The third-order valence-corrected chi connectivity index (χ3v) is 3.15. The van der Waals surface area contributed by atoms with Crippen molar-refractivity contribution < 1.29 is 9.59 Å². The zero-order chi connectivity index (χ0) is 12.3. The Morgan fingerprint density at radius 3 is 2.53 bits per heavy atom. The molecule has 5 nitrogen and oxygen atoms in total. The number of hydrogen-bond acceptors (Lipinski definition) is 3. The van der Waals surface area contributed by atoms with Gasteiger partial charge in [-0.25, -0.2) is 0 Å². The highest BCUT2D eigenvalue weighted by molar-refractivity contribution is 5.95. The number of rotatable bonds is 3. The van der Waals surface area contributed by atoms with Crippen LogP contribution in [-0.4, -0.2) is 60.4 Å². The molecule has 0 aromatic carbocycles. The van der Waals surface area contributed by atoms with Crippen LogP contribution in [0.1, 0.15) is 12.8 Å². The molecule has 0 unspecified atom stereocenters. The molecular weight excluding hydrogens is 218 g/mol. The fourth-order valence-corrected chi connectivity index (χ4v) is 2.00. The number of carbonyl (C=O) groups is 2. The van der Waals surface area contributed by atoms with Crippen LogP contribution < -0.4 is 5.32 Å². The smallest absolute Gasteiger partial charge is 0.298 e. The van der Waals surface area contributed by atoms with Gasteiger partial charge in [-0.15, -0.1) is 6.42 Å². The molecule has 1 aliphatic carbocycles. The van der Waals surface area contributed by atoms with Crippen molar-refractivity contribution in [3.05, 3.63) is 0 Å². The van der Waals surface area contributed by atoms with Crippen LogP contribution in [0.2, 0.25) is 0 Å². The van der Waals surface area contributed by atoms with Gasteiger partial charge in [0.05, 0.1) is 0 Å². The first-order valence-corrected chi connectivity index (χ1v) is 5.98. The van der Waals surface area contributed by atoms with Crippen LogP contribution in [0.15, 0.2) is 0 Å². The number of piperazine rings is 1. The summed E-state index contributed by atoms with van der Waals surface area (Å²) in [5.74, 6) is 1.74. The molecule has 1 aliphatic heterocycles. The Bertz CT molecular complexity index is 351. The lowest BCUT2D eigenvalue weighted by Gasteiger charge is -2.29. The van der Waals surface area contributed by atoms with E-state index in [4.69, 9.17) is 6.42 Å². The van der Waals surface area contributed by atoms with E-state index >= 15 is 0 Å². The predicted molar refractivity (Wildman–Crippen MR) is 63.0 cm³/mol. The highest BCUT2D eigenvalue weighted by atomic mass is 16.2. The van der Waals surface area contributed by atoms with Gasteiger partial charge in [-0.1, -0.05) is 0 Å². The van der Waals surface area contributed by atoms with E-state index in [1.807, 2.05) is 0 Å². The Labute approximate surface area is 101 Å². The van der Waals surface area contributed by atoms with Crippen LogP contribution >= 0.6 is 0 Å². The zero-order valence-electron chi connectivity index (χ0n) is 9.82. The number of hydrogen-bond donors (Lipinski definition) is 1. The second-order valence-electron chi connectivity index (χ2n) is 4.44. The molecule has 5 heteroatoms. The molecule has 0 bridgehead atoms. The standard InChI is InChI=1S/C12H17N3O2/c1-2-11(16)15(10-3-4-10)9-12(17)14-7-5-13-6-8-14/h1,10,13H,3-9H2. The second kappa shape index (κ2) is 5.19. The van der Waals surface area contributed by atoms with Crippen LogP contribution in [0, 0.1) is 12.3 Å². The third-order valence-electron chi connectivity index (χ3n) is 3.15. The fourth-order valence-electron chi connectivity index (χ4n) is 2.00. The zero-order valence-corrected chi connectivity index (χ0v) is 9.82. The number of nitrogens with one attached hydrogen (secondary N) is 1. The minimum Gasteiger partial charge on any atom is -0.339 e. The maximum absolute atomic E-state index is 12.0. The largest absolute Gasteiger partial charge is 0.339 e. The molecule has 0 radical (unpaired) electrons. The summed E-state index contributed by atoms with van der Waals surface area (Å²) in [6, 6.07) is 0.186. The molecule has 0 aromatic rings. The minimum atomic E-state index is -0.365. The number of nitrogens with zero attached hydrogens (tertiary/aromatic N) is 2.